The van der Waals surface area contributed by atoms with Gasteiger partial charge in [0.1, 0.15) is 0 Å². The van der Waals surface area contributed by atoms with E-state index in [4.69, 9.17) is 0 Å². The van der Waals surface area contributed by atoms with Gasteiger partial charge >= 0.3 is 6.03 Å². The lowest BCUT2D eigenvalue weighted by Crippen LogP contribution is -2.43. The van der Waals surface area contributed by atoms with Gasteiger partial charge in [-0.25, -0.2) is 4.79 Å². The van der Waals surface area contributed by atoms with E-state index in [-0.39, 0.29) is 18.2 Å². The summed E-state index contributed by atoms with van der Waals surface area (Å²) in [5.41, 5.74) is 1.96. The zero-order valence-electron chi connectivity index (χ0n) is 13.0. The molecular formula is C17H26N2O2. The molecule has 0 radical (unpaired) electrons. The SMILES string of the molecule is Cc1cccc(NC(=O)N2CCCCCC2CC(C)O)c1. The number of aliphatic hydroxyl groups excluding tert-OH is 1. The molecule has 1 aromatic carbocycles. The Morgan fingerprint density at radius 3 is 2.95 bits per heavy atom. The van der Waals surface area contributed by atoms with Crippen molar-refractivity contribution in [2.45, 2.75) is 58.1 Å². The predicted molar refractivity (Wildman–Crippen MR) is 85.5 cm³/mol. The van der Waals surface area contributed by atoms with Crippen LogP contribution in [0.3, 0.4) is 0 Å². The van der Waals surface area contributed by atoms with Gasteiger partial charge < -0.3 is 15.3 Å². The van der Waals surface area contributed by atoms with Crippen molar-refractivity contribution >= 4 is 11.7 Å². The Balaban J connectivity index is 2.06. The molecule has 21 heavy (non-hydrogen) atoms. The summed E-state index contributed by atoms with van der Waals surface area (Å²) in [6, 6.07) is 7.93. The summed E-state index contributed by atoms with van der Waals surface area (Å²) in [6.45, 7) is 4.58. The van der Waals surface area contributed by atoms with Crippen molar-refractivity contribution in [3.05, 3.63) is 29.8 Å². The fraction of sp³-hybridized carbons (Fsp3) is 0.588. The molecule has 1 heterocycles. The van der Waals surface area contributed by atoms with Gasteiger partial charge in [-0.1, -0.05) is 25.0 Å². The number of rotatable bonds is 3. The molecule has 2 amide bonds. The lowest BCUT2D eigenvalue weighted by Gasteiger charge is -2.31. The van der Waals surface area contributed by atoms with Gasteiger partial charge in [0, 0.05) is 18.3 Å². The predicted octanol–water partition coefficient (Wildman–Crippen LogP) is 3.54. The minimum absolute atomic E-state index is 0.0480. The second-order valence-electron chi connectivity index (χ2n) is 6.08. The molecule has 1 saturated heterocycles. The van der Waals surface area contributed by atoms with Crippen LogP contribution in [0.5, 0.6) is 0 Å². The lowest BCUT2D eigenvalue weighted by atomic mass is 10.0. The monoisotopic (exact) mass is 290 g/mol. The number of urea groups is 1. The van der Waals surface area contributed by atoms with E-state index in [1.165, 1.54) is 0 Å². The second-order valence-corrected chi connectivity index (χ2v) is 6.08. The molecule has 2 unspecified atom stereocenters. The number of anilines is 1. The van der Waals surface area contributed by atoms with Crippen molar-refractivity contribution in [3.63, 3.8) is 0 Å². The van der Waals surface area contributed by atoms with E-state index in [1.807, 2.05) is 36.1 Å². The van der Waals surface area contributed by atoms with E-state index in [1.54, 1.807) is 6.92 Å². The van der Waals surface area contributed by atoms with E-state index in [2.05, 4.69) is 5.32 Å². The van der Waals surface area contributed by atoms with Crippen LogP contribution >= 0.6 is 0 Å². The number of aryl methyl sites for hydroxylation is 1. The lowest BCUT2D eigenvalue weighted by molar-refractivity contribution is 0.127. The number of benzene rings is 1. The Morgan fingerprint density at radius 2 is 2.24 bits per heavy atom. The van der Waals surface area contributed by atoms with Gasteiger partial charge in [-0.3, -0.25) is 0 Å². The third-order valence-electron chi connectivity index (χ3n) is 4.02. The van der Waals surface area contributed by atoms with Crippen molar-refractivity contribution in [2.24, 2.45) is 0 Å². The zero-order valence-corrected chi connectivity index (χ0v) is 13.0. The first-order valence-corrected chi connectivity index (χ1v) is 7.88. The van der Waals surface area contributed by atoms with E-state index < -0.39 is 0 Å². The number of carbonyl (C=O) groups is 1. The van der Waals surface area contributed by atoms with Crippen LogP contribution in [0, 0.1) is 6.92 Å². The van der Waals surface area contributed by atoms with Crippen LogP contribution in [-0.4, -0.2) is 34.7 Å². The van der Waals surface area contributed by atoms with Crippen LogP contribution in [0.2, 0.25) is 0 Å². The van der Waals surface area contributed by atoms with Crippen molar-refractivity contribution < 1.29 is 9.90 Å². The molecule has 0 aromatic heterocycles. The maximum absolute atomic E-state index is 12.6. The van der Waals surface area contributed by atoms with Gasteiger partial charge in [-0.05, 0) is 50.8 Å². The zero-order chi connectivity index (χ0) is 15.2. The highest BCUT2D eigenvalue weighted by molar-refractivity contribution is 5.89. The molecule has 1 aliphatic heterocycles. The van der Waals surface area contributed by atoms with Gasteiger partial charge in [0.15, 0.2) is 0 Å². The molecule has 0 spiro atoms. The fourth-order valence-electron chi connectivity index (χ4n) is 3.00. The topological polar surface area (TPSA) is 52.6 Å². The number of amides is 2. The number of nitrogens with one attached hydrogen (secondary N) is 1. The van der Waals surface area contributed by atoms with Crippen molar-refractivity contribution in [1.29, 1.82) is 0 Å². The normalized spacial score (nSPS) is 20.7. The average molecular weight is 290 g/mol. The molecule has 2 rings (SSSR count). The molecule has 2 N–H and O–H groups in total. The molecule has 1 fully saturated rings. The first-order valence-electron chi connectivity index (χ1n) is 7.88. The van der Waals surface area contributed by atoms with Gasteiger partial charge in [0.25, 0.3) is 0 Å². The van der Waals surface area contributed by atoms with Crippen molar-refractivity contribution in [2.75, 3.05) is 11.9 Å². The first-order chi connectivity index (χ1) is 10.1. The number of hydrogen-bond acceptors (Lipinski definition) is 2. The smallest absolute Gasteiger partial charge is 0.322 e. The summed E-state index contributed by atoms with van der Waals surface area (Å²) in [5.74, 6) is 0. The highest BCUT2D eigenvalue weighted by Crippen LogP contribution is 2.22. The Hall–Kier alpha value is -1.55. The fourth-order valence-corrected chi connectivity index (χ4v) is 3.00. The van der Waals surface area contributed by atoms with E-state index in [0.717, 1.165) is 43.5 Å². The minimum Gasteiger partial charge on any atom is -0.393 e. The van der Waals surface area contributed by atoms with Crippen LogP contribution in [0.4, 0.5) is 10.5 Å². The average Bonchev–Trinajstić information content (AvgIpc) is 2.63. The minimum atomic E-state index is -0.373. The molecule has 2 atom stereocenters. The van der Waals surface area contributed by atoms with Crippen LogP contribution < -0.4 is 5.32 Å². The number of carbonyl (C=O) groups excluding carboxylic acids is 1. The van der Waals surface area contributed by atoms with Crippen LogP contribution in [0.1, 0.15) is 44.6 Å². The largest absolute Gasteiger partial charge is 0.393 e. The quantitative estimate of drug-likeness (QED) is 0.894. The molecule has 116 valence electrons. The molecule has 0 saturated carbocycles. The third kappa shape index (κ3) is 4.74. The maximum Gasteiger partial charge on any atom is 0.322 e. The summed E-state index contributed by atoms with van der Waals surface area (Å²) in [6.07, 6.45) is 4.59. The number of nitrogens with zero attached hydrogens (tertiary/aromatic N) is 1. The summed E-state index contributed by atoms with van der Waals surface area (Å²) in [7, 11) is 0. The number of aliphatic hydroxyl groups is 1. The van der Waals surface area contributed by atoms with Crippen LogP contribution in [0.15, 0.2) is 24.3 Å². The molecule has 0 aliphatic carbocycles. The molecular weight excluding hydrogens is 264 g/mol. The van der Waals surface area contributed by atoms with Crippen LogP contribution in [0.25, 0.3) is 0 Å². The van der Waals surface area contributed by atoms with E-state index in [9.17, 15) is 9.90 Å². The highest BCUT2D eigenvalue weighted by Gasteiger charge is 2.26. The maximum atomic E-state index is 12.6. The molecule has 4 heteroatoms. The summed E-state index contributed by atoms with van der Waals surface area (Å²) >= 11 is 0. The van der Waals surface area contributed by atoms with E-state index >= 15 is 0 Å². The molecule has 0 bridgehead atoms. The third-order valence-corrected chi connectivity index (χ3v) is 4.02. The van der Waals surface area contributed by atoms with E-state index in [0.29, 0.717) is 6.42 Å². The van der Waals surface area contributed by atoms with Gasteiger partial charge in [-0.2, -0.15) is 0 Å². The van der Waals surface area contributed by atoms with Crippen molar-refractivity contribution in [1.82, 2.24) is 4.90 Å². The Morgan fingerprint density at radius 1 is 1.43 bits per heavy atom. The number of hydrogen-bond donors (Lipinski definition) is 2. The van der Waals surface area contributed by atoms with Gasteiger partial charge in [-0.15, -0.1) is 0 Å². The number of likely N-dealkylation sites (tertiary alicyclic amines) is 1. The van der Waals surface area contributed by atoms with Crippen LogP contribution in [-0.2, 0) is 0 Å². The Labute approximate surface area is 127 Å². The molecule has 1 aliphatic rings. The standard InChI is InChI=1S/C17H26N2O2/c1-13-7-6-8-15(11-13)18-17(21)19-10-5-3-4-9-16(19)12-14(2)20/h6-8,11,14,16,20H,3-5,9-10,12H2,1-2H3,(H,18,21). The molecule has 4 nitrogen and oxygen atoms in total. The summed E-state index contributed by atoms with van der Waals surface area (Å²) in [4.78, 5) is 14.5. The molecule has 1 aromatic rings. The first kappa shape index (κ1) is 15.8. The highest BCUT2D eigenvalue weighted by atomic mass is 16.3. The Bertz CT molecular complexity index is 474. The summed E-state index contributed by atoms with van der Waals surface area (Å²) in [5, 5.41) is 12.7. The second kappa shape index (κ2) is 7.46. The van der Waals surface area contributed by atoms with Gasteiger partial charge in [0.2, 0.25) is 0 Å². The Kier molecular flexibility index (Phi) is 5.62. The summed E-state index contributed by atoms with van der Waals surface area (Å²) < 4.78 is 0. The van der Waals surface area contributed by atoms with Crippen molar-refractivity contribution in [3.8, 4) is 0 Å². The van der Waals surface area contributed by atoms with Gasteiger partial charge in [0.05, 0.1) is 6.10 Å².